The number of benzene rings is 2. The zero-order valence-corrected chi connectivity index (χ0v) is 25.1. The smallest absolute Gasteiger partial charge is 0.410 e. The first-order valence-corrected chi connectivity index (χ1v) is 16.5. The van der Waals surface area contributed by atoms with Gasteiger partial charge >= 0.3 is 6.09 Å². The molecule has 1 saturated carbocycles. The summed E-state index contributed by atoms with van der Waals surface area (Å²) in [6.07, 6.45) is 8.88. The summed E-state index contributed by atoms with van der Waals surface area (Å²) >= 11 is 0. The minimum Gasteiger partial charge on any atom is -0.450 e. The van der Waals surface area contributed by atoms with Crippen molar-refractivity contribution < 1.29 is 17.9 Å². The highest BCUT2D eigenvalue weighted by Crippen LogP contribution is 2.29. The van der Waals surface area contributed by atoms with Gasteiger partial charge in [-0.2, -0.15) is 0 Å². The number of carbonyl (C=O) groups is 1. The van der Waals surface area contributed by atoms with Crippen LogP contribution in [0.15, 0.2) is 65.6 Å². The molecule has 0 spiro atoms. The maximum Gasteiger partial charge on any atom is 0.410 e. The molecule has 0 aromatic heterocycles. The van der Waals surface area contributed by atoms with E-state index in [4.69, 9.17) is 4.74 Å². The van der Waals surface area contributed by atoms with Gasteiger partial charge in [0.15, 0.2) is 0 Å². The predicted octanol–water partition coefficient (Wildman–Crippen LogP) is 5.98. The summed E-state index contributed by atoms with van der Waals surface area (Å²) in [6, 6.07) is 19.1. The monoisotopic (exact) mass is 569 g/mol. The average Bonchev–Trinajstić information content (AvgIpc) is 2.99. The third kappa shape index (κ3) is 8.30. The summed E-state index contributed by atoms with van der Waals surface area (Å²) in [7, 11) is -1.88. The van der Waals surface area contributed by atoms with Crippen molar-refractivity contribution in [2.45, 2.75) is 75.1 Å². The molecule has 2 aliphatic rings. The molecule has 0 N–H and O–H groups in total. The molecule has 2 fully saturated rings. The van der Waals surface area contributed by atoms with Crippen molar-refractivity contribution in [2.75, 3.05) is 46.4 Å². The standard InChI is InChI=1S/C32H47N3O4S/c1-3-39-32(36)35(25-27-13-7-4-8-14-27)30-20-23-34(24-21-30)22-19-29(28-15-9-5-10-16-28)26-33(2)40(37,38)31-17-11-6-12-18-31/h5-6,9-12,15-18,27,29-30H,3-4,7-8,13-14,19-26H2,1-2H3. The maximum atomic E-state index is 13.2. The van der Waals surface area contributed by atoms with E-state index in [9.17, 15) is 13.2 Å². The van der Waals surface area contributed by atoms with Crippen LogP contribution in [0.2, 0.25) is 0 Å². The molecule has 2 aromatic carbocycles. The summed E-state index contributed by atoms with van der Waals surface area (Å²) in [6.45, 7) is 6.31. The molecule has 1 aliphatic carbocycles. The van der Waals surface area contributed by atoms with Gasteiger partial charge in [0.2, 0.25) is 10.0 Å². The Labute approximate surface area is 241 Å². The molecule has 0 bridgehead atoms. The van der Waals surface area contributed by atoms with Crippen LogP contribution in [0.5, 0.6) is 0 Å². The molecule has 0 radical (unpaired) electrons. The van der Waals surface area contributed by atoms with E-state index in [-0.39, 0.29) is 18.1 Å². The van der Waals surface area contributed by atoms with Crippen LogP contribution < -0.4 is 0 Å². The molecule has 1 heterocycles. The van der Waals surface area contributed by atoms with Gasteiger partial charge in [0.05, 0.1) is 11.5 Å². The number of carbonyl (C=O) groups excluding carboxylic acids is 1. The van der Waals surface area contributed by atoms with Crippen molar-refractivity contribution >= 4 is 16.1 Å². The molecule has 1 unspecified atom stereocenters. The Hall–Kier alpha value is -2.42. The van der Waals surface area contributed by atoms with Crippen molar-refractivity contribution in [2.24, 2.45) is 5.92 Å². The molecule has 1 saturated heterocycles. The van der Waals surface area contributed by atoms with E-state index in [1.165, 1.54) is 36.4 Å². The molecule has 7 nitrogen and oxygen atoms in total. The van der Waals surface area contributed by atoms with Gasteiger partial charge in [-0.3, -0.25) is 0 Å². The minimum atomic E-state index is -3.56. The number of piperidine rings is 1. The molecule has 2 aromatic rings. The van der Waals surface area contributed by atoms with Crippen molar-refractivity contribution in [3.05, 3.63) is 66.2 Å². The van der Waals surface area contributed by atoms with E-state index in [1.807, 2.05) is 36.1 Å². The Morgan fingerprint density at radius 3 is 2.20 bits per heavy atom. The fourth-order valence-electron chi connectivity index (χ4n) is 6.29. The van der Waals surface area contributed by atoms with Crippen LogP contribution in [-0.2, 0) is 14.8 Å². The number of hydrogen-bond acceptors (Lipinski definition) is 5. The van der Waals surface area contributed by atoms with E-state index >= 15 is 0 Å². The number of likely N-dealkylation sites (tertiary alicyclic amines) is 1. The molecule has 8 heteroatoms. The van der Waals surface area contributed by atoms with Crippen molar-refractivity contribution in [3.63, 3.8) is 0 Å². The Balaban J connectivity index is 1.35. The van der Waals surface area contributed by atoms with Crippen molar-refractivity contribution in [1.82, 2.24) is 14.1 Å². The molecule has 1 amide bonds. The topological polar surface area (TPSA) is 70.2 Å². The number of likely N-dealkylation sites (N-methyl/N-ethyl adjacent to an activating group) is 1. The second kappa shape index (κ2) is 15.0. The summed E-state index contributed by atoms with van der Waals surface area (Å²) in [5.74, 6) is 0.678. The molecule has 220 valence electrons. The predicted molar refractivity (Wildman–Crippen MR) is 160 cm³/mol. The molecular weight excluding hydrogens is 522 g/mol. The average molecular weight is 570 g/mol. The SMILES string of the molecule is CCOC(=O)N(CC1CCCCC1)C1CCN(CCC(CN(C)S(=O)(=O)c2ccccc2)c2ccccc2)CC1. The van der Waals surface area contributed by atoms with E-state index < -0.39 is 10.0 Å². The van der Waals surface area contributed by atoms with Gasteiger partial charge < -0.3 is 14.5 Å². The largest absolute Gasteiger partial charge is 0.450 e. The quantitative estimate of drug-likeness (QED) is 0.314. The lowest BCUT2D eigenvalue weighted by Gasteiger charge is -2.40. The van der Waals surface area contributed by atoms with Crippen molar-refractivity contribution in [3.8, 4) is 0 Å². The lowest BCUT2D eigenvalue weighted by Crippen LogP contribution is -2.49. The Bertz CT molecular complexity index is 1130. The second-order valence-electron chi connectivity index (χ2n) is 11.4. The van der Waals surface area contributed by atoms with Crippen LogP contribution in [0.4, 0.5) is 4.79 Å². The number of rotatable bonds is 12. The van der Waals surface area contributed by atoms with E-state index in [1.54, 1.807) is 31.3 Å². The van der Waals surface area contributed by atoms with E-state index in [0.717, 1.165) is 51.0 Å². The third-order valence-electron chi connectivity index (χ3n) is 8.67. The van der Waals surface area contributed by atoms with E-state index in [0.29, 0.717) is 24.0 Å². The van der Waals surface area contributed by atoms with Gasteiger partial charge in [-0.1, -0.05) is 67.8 Å². The molecule has 1 aliphatic heterocycles. The Morgan fingerprint density at radius 2 is 1.57 bits per heavy atom. The maximum absolute atomic E-state index is 13.2. The number of ether oxygens (including phenoxy) is 1. The summed E-state index contributed by atoms with van der Waals surface area (Å²) in [4.78, 5) is 17.7. The van der Waals surface area contributed by atoms with Crippen molar-refractivity contribution in [1.29, 1.82) is 0 Å². The lowest BCUT2D eigenvalue weighted by molar-refractivity contribution is 0.0561. The van der Waals surface area contributed by atoms with Gasteiger partial charge in [-0.25, -0.2) is 17.5 Å². The number of sulfonamides is 1. The first-order valence-electron chi connectivity index (χ1n) is 15.1. The first kappa shape index (κ1) is 30.5. The second-order valence-corrected chi connectivity index (χ2v) is 13.5. The number of hydrogen-bond donors (Lipinski definition) is 0. The highest BCUT2D eigenvalue weighted by molar-refractivity contribution is 7.89. The van der Waals surface area contributed by atoms with Gasteiger partial charge in [-0.15, -0.1) is 0 Å². The fraction of sp³-hybridized carbons (Fsp3) is 0.594. The van der Waals surface area contributed by atoms with Crippen LogP contribution in [0.1, 0.15) is 69.8 Å². The Morgan fingerprint density at radius 1 is 0.950 bits per heavy atom. The van der Waals surface area contributed by atoms with Crippen LogP contribution in [-0.4, -0.2) is 81.0 Å². The fourth-order valence-corrected chi connectivity index (χ4v) is 7.53. The summed E-state index contributed by atoms with van der Waals surface area (Å²) < 4.78 is 33.4. The van der Waals surface area contributed by atoms with Gasteiger partial charge in [0.25, 0.3) is 0 Å². The highest BCUT2D eigenvalue weighted by Gasteiger charge is 2.32. The van der Waals surface area contributed by atoms with Gasteiger partial charge in [0, 0.05) is 39.3 Å². The van der Waals surface area contributed by atoms with Crippen LogP contribution in [0.25, 0.3) is 0 Å². The molecule has 4 rings (SSSR count). The third-order valence-corrected chi connectivity index (χ3v) is 10.5. The summed E-state index contributed by atoms with van der Waals surface area (Å²) in [5.41, 5.74) is 1.16. The summed E-state index contributed by atoms with van der Waals surface area (Å²) in [5, 5.41) is 0. The molecule has 1 atom stereocenters. The normalized spacial score (nSPS) is 18.5. The first-order chi connectivity index (χ1) is 19.4. The number of nitrogens with zero attached hydrogens (tertiary/aromatic N) is 3. The zero-order chi connectivity index (χ0) is 28.4. The molecular formula is C32H47N3O4S. The van der Waals surface area contributed by atoms with Crippen LogP contribution in [0, 0.1) is 5.92 Å². The highest BCUT2D eigenvalue weighted by atomic mass is 32.2. The molecule has 40 heavy (non-hydrogen) atoms. The number of amides is 1. The van der Waals surface area contributed by atoms with Gasteiger partial charge in [0.1, 0.15) is 0 Å². The lowest BCUT2D eigenvalue weighted by atomic mass is 9.88. The van der Waals surface area contributed by atoms with E-state index in [2.05, 4.69) is 17.0 Å². The zero-order valence-electron chi connectivity index (χ0n) is 24.3. The Kier molecular flexibility index (Phi) is 11.4. The van der Waals surface area contributed by atoms with Gasteiger partial charge in [-0.05, 0) is 75.1 Å². The van der Waals surface area contributed by atoms with Crippen LogP contribution >= 0.6 is 0 Å². The minimum absolute atomic E-state index is 0.0877. The van der Waals surface area contributed by atoms with Crippen LogP contribution in [0.3, 0.4) is 0 Å².